The number of fused-ring (bicyclic) bond motifs is 1. The van der Waals surface area contributed by atoms with Gasteiger partial charge in [0, 0.05) is 6.04 Å². The molecule has 1 aliphatic carbocycles. The molecule has 0 radical (unpaired) electrons. The van der Waals surface area contributed by atoms with Crippen molar-refractivity contribution in [2.45, 2.75) is 31.7 Å². The van der Waals surface area contributed by atoms with Crippen LogP contribution in [0, 0.1) is 0 Å². The van der Waals surface area contributed by atoms with Crippen LogP contribution in [0.25, 0.3) is 0 Å². The van der Waals surface area contributed by atoms with Crippen molar-refractivity contribution < 1.29 is 4.74 Å². The highest BCUT2D eigenvalue weighted by atomic mass is 16.5. The first-order valence-corrected chi connectivity index (χ1v) is 5.93. The highest BCUT2D eigenvalue weighted by Crippen LogP contribution is 2.31. The van der Waals surface area contributed by atoms with E-state index in [9.17, 15) is 0 Å². The first-order chi connectivity index (χ1) is 7.81. The van der Waals surface area contributed by atoms with Crippen LogP contribution in [0.15, 0.2) is 30.9 Å². The van der Waals surface area contributed by atoms with E-state index in [0.29, 0.717) is 0 Å². The van der Waals surface area contributed by atoms with Crippen molar-refractivity contribution in [3.8, 4) is 5.75 Å². The van der Waals surface area contributed by atoms with Crippen molar-refractivity contribution in [3.63, 3.8) is 0 Å². The Bertz CT molecular complexity index is 373. The van der Waals surface area contributed by atoms with E-state index in [-0.39, 0.29) is 6.04 Å². The molecule has 1 aromatic carbocycles. The van der Waals surface area contributed by atoms with Gasteiger partial charge in [0.1, 0.15) is 5.75 Å². The van der Waals surface area contributed by atoms with Crippen molar-refractivity contribution in [3.05, 3.63) is 42.0 Å². The fourth-order valence-electron chi connectivity index (χ4n) is 2.13. The van der Waals surface area contributed by atoms with Crippen LogP contribution in [-0.2, 0) is 6.42 Å². The Labute approximate surface area is 97.1 Å². The summed E-state index contributed by atoms with van der Waals surface area (Å²) in [6.45, 7) is 4.45. The van der Waals surface area contributed by atoms with Crippen LogP contribution in [0.5, 0.6) is 5.75 Å². The van der Waals surface area contributed by atoms with Crippen LogP contribution in [0.4, 0.5) is 0 Å². The summed E-state index contributed by atoms with van der Waals surface area (Å²) in [6.07, 6.45) is 6.11. The van der Waals surface area contributed by atoms with E-state index in [0.717, 1.165) is 38.0 Å². The predicted molar refractivity (Wildman–Crippen MR) is 66.6 cm³/mol. The Kier molecular flexibility index (Phi) is 3.62. The van der Waals surface area contributed by atoms with Gasteiger partial charge < -0.3 is 10.5 Å². The highest BCUT2D eigenvalue weighted by molar-refractivity contribution is 5.40. The Hall–Kier alpha value is -1.28. The van der Waals surface area contributed by atoms with Gasteiger partial charge in [0.25, 0.3) is 0 Å². The van der Waals surface area contributed by atoms with E-state index in [1.54, 1.807) is 0 Å². The number of allylic oxidation sites excluding steroid dienone is 1. The zero-order chi connectivity index (χ0) is 11.4. The summed E-state index contributed by atoms with van der Waals surface area (Å²) < 4.78 is 5.68. The molecule has 2 heteroatoms. The third kappa shape index (κ3) is 2.45. The fraction of sp³-hybridized carbons (Fsp3) is 0.429. The molecule has 86 valence electrons. The van der Waals surface area contributed by atoms with Crippen molar-refractivity contribution in [2.75, 3.05) is 6.61 Å². The summed E-state index contributed by atoms with van der Waals surface area (Å²) in [7, 11) is 0. The number of hydrogen-bond donors (Lipinski definition) is 1. The normalized spacial score (nSPS) is 18.2. The maximum absolute atomic E-state index is 5.98. The lowest BCUT2D eigenvalue weighted by atomic mass is 10.1. The molecule has 0 bridgehead atoms. The lowest BCUT2D eigenvalue weighted by Crippen LogP contribution is -2.05. The zero-order valence-electron chi connectivity index (χ0n) is 9.61. The standard InChI is InChI=1S/C14H19NO/c1-2-3-4-9-16-12-6-7-13-11(10-12)5-8-14(13)15/h2,6-7,10,14H,1,3-5,8-9,15H2/t14-/m1/s1. The summed E-state index contributed by atoms with van der Waals surface area (Å²) >= 11 is 0. The topological polar surface area (TPSA) is 35.2 Å². The van der Waals surface area contributed by atoms with Crippen LogP contribution < -0.4 is 10.5 Å². The minimum atomic E-state index is 0.227. The van der Waals surface area contributed by atoms with E-state index in [1.165, 1.54) is 11.1 Å². The van der Waals surface area contributed by atoms with E-state index < -0.39 is 0 Å². The molecule has 0 spiro atoms. The smallest absolute Gasteiger partial charge is 0.119 e. The maximum Gasteiger partial charge on any atom is 0.119 e. The second kappa shape index (κ2) is 5.17. The Morgan fingerprint density at radius 2 is 2.38 bits per heavy atom. The van der Waals surface area contributed by atoms with Gasteiger partial charge in [-0.15, -0.1) is 6.58 Å². The molecule has 0 aliphatic heterocycles. The van der Waals surface area contributed by atoms with Crippen LogP contribution in [0.2, 0.25) is 0 Å². The van der Waals surface area contributed by atoms with Gasteiger partial charge in [0.15, 0.2) is 0 Å². The molecule has 0 amide bonds. The molecule has 0 aromatic heterocycles. The van der Waals surface area contributed by atoms with E-state index in [4.69, 9.17) is 10.5 Å². The number of benzene rings is 1. The first-order valence-electron chi connectivity index (χ1n) is 5.93. The summed E-state index contributed by atoms with van der Waals surface area (Å²) in [6, 6.07) is 6.49. The van der Waals surface area contributed by atoms with Gasteiger partial charge >= 0.3 is 0 Å². The van der Waals surface area contributed by atoms with Gasteiger partial charge in [0.05, 0.1) is 6.61 Å². The fourth-order valence-corrected chi connectivity index (χ4v) is 2.13. The van der Waals surface area contributed by atoms with Gasteiger partial charge in [0.2, 0.25) is 0 Å². The Balaban J connectivity index is 1.94. The molecule has 1 aromatic rings. The molecule has 1 aliphatic rings. The molecule has 2 nitrogen and oxygen atoms in total. The molecule has 0 saturated carbocycles. The number of hydrogen-bond acceptors (Lipinski definition) is 2. The van der Waals surface area contributed by atoms with Gasteiger partial charge in [-0.3, -0.25) is 0 Å². The minimum absolute atomic E-state index is 0.227. The molecule has 0 fully saturated rings. The van der Waals surface area contributed by atoms with E-state index in [1.807, 2.05) is 12.1 Å². The summed E-state index contributed by atoms with van der Waals surface area (Å²) in [5, 5.41) is 0. The number of ether oxygens (including phenoxy) is 1. The number of unbranched alkanes of at least 4 members (excludes halogenated alkanes) is 1. The van der Waals surface area contributed by atoms with Gasteiger partial charge in [-0.1, -0.05) is 12.1 Å². The molecule has 2 N–H and O–H groups in total. The summed E-state index contributed by atoms with van der Waals surface area (Å²) in [5.74, 6) is 0.969. The molecular weight excluding hydrogens is 198 g/mol. The van der Waals surface area contributed by atoms with E-state index in [2.05, 4.69) is 18.7 Å². The molecule has 0 unspecified atom stereocenters. The Morgan fingerprint density at radius 1 is 1.50 bits per heavy atom. The quantitative estimate of drug-likeness (QED) is 0.608. The second-order valence-corrected chi connectivity index (χ2v) is 4.29. The Morgan fingerprint density at radius 3 is 3.19 bits per heavy atom. The molecular formula is C14H19NO. The largest absolute Gasteiger partial charge is 0.494 e. The SMILES string of the molecule is C=CCCCOc1ccc2c(c1)CC[C@H]2N. The van der Waals surface area contributed by atoms with Gasteiger partial charge in [-0.2, -0.15) is 0 Å². The second-order valence-electron chi connectivity index (χ2n) is 4.29. The van der Waals surface area contributed by atoms with Gasteiger partial charge in [-0.05, 0) is 48.9 Å². The van der Waals surface area contributed by atoms with Gasteiger partial charge in [-0.25, -0.2) is 0 Å². The first kappa shape index (κ1) is 11.2. The van der Waals surface area contributed by atoms with Crippen molar-refractivity contribution >= 4 is 0 Å². The minimum Gasteiger partial charge on any atom is -0.494 e. The molecule has 0 heterocycles. The van der Waals surface area contributed by atoms with Crippen molar-refractivity contribution in [2.24, 2.45) is 5.73 Å². The number of rotatable bonds is 5. The third-order valence-corrected chi connectivity index (χ3v) is 3.06. The number of nitrogens with two attached hydrogens (primary N) is 1. The maximum atomic E-state index is 5.98. The lowest BCUT2D eigenvalue weighted by molar-refractivity contribution is 0.312. The van der Waals surface area contributed by atoms with Crippen LogP contribution in [0.3, 0.4) is 0 Å². The van der Waals surface area contributed by atoms with Crippen molar-refractivity contribution in [1.82, 2.24) is 0 Å². The monoisotopic (exact) mass is 217 g/mol. The summed E-state index contributed by atoms with van der Waals surface area (Å²) in [5.41, 5.74) is 8.63. The van der Waals surface area contributed by atoms with Crippen LogP contribution in [-0.4, -0.2) is 6.61 Å². The molecule has 0 saturated heterocycles. The average Bonchev–Trinajstić information content (AvgIpc) is 2.66. The molecule has 2 rings (SSSR count). The van der Waals surface area contributed by atoms with Crippen molar-refractivity contribution in [1.29, 1.82) is 0 Å². The number of aryl methyl sites for hydroxylation is 1. The van der Waals surface area contributed by atoms with Crippen LogP contribution in [0.1, 0.15) is 36.4 Å². The lowest BCUT2D eigenvalue weighted by Gasteiger charge is -2.08. The zero-order valence-corrected chi connectivity index (χ0v) is 9.61. The van der Waals surface area contributed by atoms with E-state index >= 15 is 0 Å². The third-order valence-electron chi connectivity index (χ3n) is 3.06. The predicted octanol–water partition coefficient (Wildman–Crippen LogP) is 2.98. The summed E-state index contributed by atoms with van der Waals surface area (Å²) in [4.78, 5) is 0. The molecule has 1 atom stereocenters. The average molecular weight is 217 g/mol. The molecule has 16 heavy (non-hydrogen) atoms. The highest BCUT2D eigenvalue weighted by Gasteiger charge is 2.18. The van der Waals surface area contributed by atoms with Crippen LogP contribution >= 0.6 is 0 Å².